The van der Waals surface area contributed by atoms with Gasteiger partial charge in [-0.15, -0.1) is 0 Å². The minimum atomic E-state index is -0.442. The van der Waals surface area contributed by atoms with Crippen molar-refractivity contribution in [3.8, 4) is 0 Å². The topological polar surface area (TPSA) is 77.1 Å². The molecule has 1 amide bonds. The van der Waals surface area contributed by atoms with Gasteiger partial charge in [0.2, 0.25) is 5.91 Å². The number of rotatable bonds is 3. The first-order chi connectivity index (χ1) is 12.1. The van der Waals surface area contributed by atoms with Crippen molar-refractivity contribution in [3.05, 3.63) is 57.8 Å². The average Bonchev–Trinajstić information content (AvgIpc) is 2.97. The Morgan fingerprint density at radius 3 is 3.08 bits per heavy atom. The van der Waals surface area contributed by atoms with Crippen LogP contribution in [0, 0.1) is 6.92 Å². The molecule has 6 nitrogen and oxygen atoms in total. The quantitative estimate of drug-likeness (QED) is 0.746. The standard InChI is InChI=1S/C19H19N3O3/c1-12-5-6-14-13(10-19(24)25-15(14)8-12)9-18(23)21-17-11-20-16-4-2-3-7-22(16)17/h5-6,8,10-11H,2-4,7,9H2,1H3,(H,21,23). The SMILES string of the molecule is Cc1ccc2c(CC(=O)Nc3cnc4n3CCCC4)cc(=O)oc2c1. The van der Waals surface area contributed by atoms with Gasteiger partial charge in [0.05, 0.1) is 12.6 Å². The second kappa shape index (κ2) is 6.20. The molecule has 1 N–H and O–H groups in total. The fraction of sp³-hybridized carbons (Fsp3) is 0.316. The minimum Gasteiger partial charge on any atom is -0.423 e. The predicted molar refractivity (Wildman–Crippen MR) is 94.7 cm³/mol. The predicted octanol–water partition coefficient (Wildman–Crippen LogP) is 2.82. The lowest BCUT2D eigenvalue weighted by Crippen LogP contribution is -2.20. The summed E-state index contributed by atoms with van der Waals surface area (Å²) < 4.78 is 7.30. The third-order valence-electron chi connectivity index (χ3n) is 4.57. The van der Waals surface area contributed by atoms with Crippen LogP contribution in [0.15, 0.2) is 39.7 Å². The summed E-state index contributed by atoms with van der Waals surface area (Å²) in [6.45, 7) is 2.81. The van der Waals surface area contributed by atoms with E-state index in [1.54, 1.807) is 6.20 Å². The molecule has 0 saturated carbocycles. The number of anilines is 1. The van der Waals surface area contributed by atoms with Crippen LogP contribution >= 0.6 is 0 Å². The maximum Gasteiger partial charge on any atom is 0.336 e. The highest BCUT2D eigenvalue weighted by Crippen LogP contribution is 2.21. The Labute approximate surface area is 144 Å². The summed E-state index contributed by atoms with van der Waals surface area (Å²) in [6.07, 6.45) is 5.00. The van der Waals surface area contributed by atoms with Gasteiger partial charge in [0.25, 0.3) is 0 Å². The van der Waals surface area contributed by atoms with Gasteiger partial charge in [-0.25, -0.2) is 9.78 Å². The van der Waals surface area contributed by atoms with E-state index in [4.69, 9.17) is 4.42 Å². The monoisotopic (exact) mass is 337 g/mol. The highest BCUT2D eigenvalue weighted by molar-refractivity contribution is 5.94. The molecule has 3 aromatic rings. The summed E-state index contributed by atoms with van der Waals surface area (Å²) in [5.74, 6) is 1.58. The Morgan fingerprint density at radius 1 is 1.32 bits per heavy atom. The largest absolute Gasteiger partial charge is 0.423 e. The maximum absolute atomic E-state index is 12.5. The number of hydrogen-bond donors (Lipinski definition) is 1. The Balaban J connectivity index is 1.60. The maximum atomic E-state index is 12.5. The summed E-state index contributed by atoms with van der Waals surface area (Å²) in [6, 6.07) is 7.03. The average molecular weight is 337 g/mol. The highest BCUT2D eigenvalue weighted by Gasteiger charge is 2.16. The molecule has 1 aromatic carbocycles. The summed E-state index contributed by atoms with van der Waals surface area (Å²) >= 11 is 0. The van der Waals surface area contributed by atoms with E-state index in [1.807, 2.05) is 25.1 Å². The van der Waals surface area contributed by atoms with Crippen LogP contribution in [0.25, 0.3) is 11.0 Å². The first-order valence-electron chi connectivity index (χ1n) is 8.48. The van der Waals surface area contributed by atoms with E-state index in [0.717, 1.165) is 48.4 Å². The lowest BCUT2D eigenvalue weighted by molar-refractivity contribution is -0.115. The van der Waals surface area contributed by atoms with Crippen LogP contribution in [0.3, 0.4) is 0 Å². The molecule has 0 aliphatic carbocycles. The molecule has 3 heterocycles. The molecule has 0 atom stereocenters. The van der Waals surface area contributed by atoms with Crippen LogP contribution in [0.2, 0.25) is 0 Å². The number of hydrogen-bond acceptors (Lipinski definition) is 4. The number of carbonyl (C=O) groups is 1. The van der Waals surface area contributed by atoms with E-state index in [2.05, 4.69) is 14.9 Å². The lowest BCUT2D eigenvalue weighted by atomic mass is 10.1. The molecule has 0 bridgehead atoms. The molecule has 1 aliphatic heterocycles. The number of amides is 1. The third-order valence-corrected chi connectivity index (χ3v) is 4.57. The molecule has 0 fully saturated rings. The van der Waals surface area contributed by atoms with E-state index in [0.29, 0.717) is 11.1 Å². The zero-order valence-corrected chi connectivity index (χ0v) is 14.0. The number of carbonyl (C=O) groups excluding carboxylic acids is 1. The van der Waals surface area contributed by atoms with Gasteiger partial charge in [-0.3, -0.25) is 4.79 Å². The van der Waals surface area contributed by atoms with Gasteiger partial charge in [0.15, 0.2) is 0 Å². The Hall–Kier alpha value is -2.89. The van der Waals surface area contributed by atoms with Crippen molar-refractivity contribution in [2.24, 2.45) is 0 Å². The number of nitrogens with zero attached hydrogens (tertiary/aromatic N) is 2. The second-order valence-corrected chi connectivity index (χ2v) is 6.48. The highest BCUT2D eigenvalue weighted by atomic mass is 16.4. The van der Waals surface area contributed by atoms with Crippen LogP contribution in [-0.4, -0.2) is 15.5 Å². The van der Waals surface area contributed by atoms with Crippen molar-refractivity contribution in [1.29, 1.82) is 0 Å². The molecule has 0 saturated heterocycles. The van der Waals surface area contributed by atoms with Gasteiger partial charge in [-0.05, 0) is 37.0 Å². The number of fused-ring (bicyclic) bond motifs is 2. The van der Waals surface area contributed by atoms with Gasteiger partial charge in [0, 0.05) is 24.4 Å². The van der Waals surface area contributed by atoms with E-state index >= 15 is 0 Å². The van der Waals surface area contributed by atoms with E-state index in [-0.39, 0.29) is 12.3 Å². The molecule has 0 radical (unpaired) electrons. The van der Waals surface area contributed by atoms with E-state index in [1.165, 1.54) is 6.07 Å². The van der Waals surface area contributed by atoms with Gasteiger partial charge >= 0.3 is 5.63 Å². The number of aromatic nitrogens is 2. The van der Waals surface area contributed by atoms with E-state index in [9.17, 15) is 9.59 Å². The summed E-state index contributed by atoms with van der Waals surface area (Å²) in [7, 11) is 0. The third kappa shape index (κ3) is 3.07. The Morgan fingerprint density at radius 2 is 2.20 bits per heavy atom. The van der Waals surface area contributed by atoms with Crippen LogP contribution in [-0.2, 0) is 24.2 Å². The first-order valence-corrected chi connectivity index (χ1v) is 8.48. The first kappa shape index (κ1) is 15.6. The van der Waals surface area contributed by atoms with Gasteiger partial charge in [-0.1, -0.05) is 12.1 Å². The molecular formula is C19H19N3O3. The van der Waals surface area contributed by atoms with Crippen LogP contribution in [0.5, 0.6) is 0 Å². The fourth-order valence-corrected chi connectivity index (χ4v) is 3.36. The van der Waals surface area contributed by atoms with Crippen molar-refractivity contribution in [2.45, 2.75) is 39.2 Å². The van der Waals surface area contributed by atoms with Crippen molar-refractivity contribution in [1.82, 2.24) is 9.55 Å². The van der Waals surface area contributed by atoms with Crippen LogP contribution < -0.4 is 10.9 Å². The van der Waals surface area contributed by atoms with Crippen LogP contribution in [0.1, 0.15) is 29.8 Å². The zero-order chi connectivity index (χ0) is 17.4. The van der Waals surface area contributed by atoms with Crippen molar-refractivity contribution in [2.75, 3.05) is 5.32 Å². The van der Waals surface area contributed by atoms with Crippen LogP contribution in [0.4, 0.5) is 5.82 Å². The normalized spacial score (nSPS) is 13.6. The second-order valence-electron chi connectivity index (χ2n) is 6.48. The fourth-order valence-electron chi connectivity index (χ4n) is 3.36. The zero-order valence-electron chi connectivity index (χ0n) is 14.0. The molecule has 6 heteroatoms. The Bertz CT molecular complexity index is 1020. The van der Waals surface area contributed by atoms with Gasteiger partial charge in [0.1, 0.15) is 17.2 Å². The number of benzene rings is 1. The molecule has 128 valence electrons. The van der Waals surface area contributed by atoms with Crippen molar-refractivity contribution in [3.63, 3.8) is 0 Å². The summed E-state index contributed by atoms with van der Waals surface area (Å²) in [5.41, 5.74) is 1.74. The minimum absolute atomic E-state index is 0.117. The Kier molecular flexibility index (Phi) is 3.87. The molecule has 25 heavy (non-hydrogen) atoms. The molecule has 1 aliphatic rings. The van der Waals surface area contributed by atoms with Crippen molar-refractivity contribution < 1.29 is 9.21 Å². The molecule has 4 rings (SSSR count). The number of aryl methyl sites for hydroxylation is 2. The smallest absolute Gasteiger partial charge is 0.336 e. The molecule has 0 unspecified atom stereocenters. The molecular weight excluding hydrogens is 318 g/mol. The molecule has 0 spiro atoms. The van der Waals surface area contributed by atoms with E-state index < -0.39 is 5.63 Å². The summed E-state index contributed by atoms with van der Waals surface area (Å²) in [4.78, 5) is 28.7. The number of imidazole rings is 1. The lowest BCUT2D eigenvalue weighted by Gasteiger charge is -2.16. The summed E-state index contributed by atoms with van der Waals surface area (Å²) in [5, 5.41) is 3.71. The van der Waals surface area contributed by atoms with Gasteiger partial charge in [-0.2, -0.15) is 0 Å². The van der Waals surface area contributed by atoms with Crippen molar-refractivity contribution >= 4 is 22.7 Å². The number of nitrogens with one attached hydrogen (secondary N) is 1. The van der Waals surface area contributed by atoms with Gasteiger partial charge < -0.3 is 14.3 Å². The molecule has 2 aromatic heterocycles.